The molecule has 1 aliphatic heterocycles. The maximum atomic E-state index is 12.7. The smallest absolute Gasteiger partial charge is 0.327 e. The van der Waals surface area contributed by atoms with E-state index < -0.39 is 24.2 Å². The molecular weight excluding hydrogens is 438 g/mol. The second-order valence-corrected chi connectivity index (χ2v) is 9.30. The first kappa shape index (κ1) is 27.3. The lowest BCUT2D eigenvalue weighted by Gasteiger charge is -2.35. The van der Waals surface area contributed by atoms with E-state index in [2.05, 4.69) is 5.32 Å². The fourth-order valence-corrected chi connectivity index (χ4v) is 4.08. The highest BCUT2D eigenvalue weighted by Crippen LogP contribution is 2.22. The second kappa shape index (κ2) is 12.0. The molecule has 188 valence electrons. The lowest BCUT2D eigenvalue weighted by Crippen LogP contribution is -2.55. The zero-order chi connectivity index (χ0) is 25.6. The Morgan fingerprint density at radius 2 is 1.76 bits per heavy atom. The maximum Gasteiger partial charge on any atom is 0.327 e. The number of benzene rings is 1. The van der Waals surface area contributed by atoms with Crippen molar-refractivity contribution in [3.8, 4) is 5.75 Å². The summed E-state index contributed by atoms with van der Waals surface area (Å²) in [5.41, 5.74) is 1.89. The van der Waals surface area contributed by atoms with Crippen LogP contribution in [0.4, 0.5) is 4.79 Å². The van der Waals surface area contributed by atoms with Gasteiger partial charge in [-0.1, -0.05) is 25.1 Å². The lowest BCUT2D eigenvalue weighted by molar-refractivity contribution is -0.132. The number of Topliss-reactive ketones (excluding diaryl/α,β-unsaturated/α-hetero) is 1. The number of hydrogen-bond donors (Lipinski definition) is 2. The highest BCUT2D eigenvalue weighted by molar-refractivity contribution is 5.98. The molecular formula is C25H37N3O6. The van der Waals surface area contributed by atoms with Crippen molar-refractivity contribution in [3.05, 3.63) is 29.3 Å². The average molecular weight is 476 g/mol. The number of hydrogen-bond acceptors (Lipinski definition) is 6. The van der Waals surface area contributed by atoms with Gasteiger partial charge in [-0.15, -0.1) is 0 Å². The predicted octanol–water partition coefficient (Wildman–Crippen LogP) is 2.21. The molecule has 0 aromatic heterocycles. The summed E-state index contributed by atoms with van der Waals surface area (Å²) in [5.74, 6) is -0.208. The number of nitrogens with one attached hydrogen (secondary N) is 1. The van der Waals surface area contributed by atoms with Gasteiger partial charge in [-0.2, -0.15) is 0 Å². The molecule has 0 radical (unpaired) electrons. The fourth-order valence-electron chi connectivity index (χ4n) is 4.08. The number of carbonyl (C=O) groups is 4. The lowest BCUT2D eigenvalue weighted by atomic mass is 9.92. The van der Waals surface area contributed by atoms with Crippen molar-refractivity contribution in [1.29, 1.82) is 0 Å². The van der Waals surface area contributed by atoms with Crippen LogP contribution in [0.5, 0.6) is 5.75 Å². The van der Waals surface area contributed by atoms with Gasteiger partial charge >= 0.3 is 6.03 Å². The van der Waals surface area contributed by atoms with Crippen LogP contribution >= 0.6 is 0 Å². The average Bonchev–Trinajstić information content (AvgIpc) is 2.76. The van der Waals surface area contributed by atoms with Gasteiger partial charge in [0.05, 0.1) is 18.2 Å². The molecule has 1 aliphatic rings. The summed E-state index contributed by atoms with van der Waals surface area (Å²) in [5, 5.41) is 13.3. The van der Waals surface area contributed by atoms with Crippen molar-refractivity contribution >= 4 is 23.6 Å². The van der Waals surface area contributed by atoms with Gasteiger partial charge in [-0.05, 0) is 51.2 Å². The first-order valence-corrected chi connectivity index (χ1v) is 11.7. The first-order valence-electron chi connectivity index (χ1n) is 11.7. The van der Waals surface area contributed by atoms with E-state index >= 15 is 0 Å². The predicted molar refractivity (Wildman–Crippen MR) is 127 cm³/mol. The Labute approximate surface area is 201 Å². The van der Waals surface area contributed by atoms with Crippen molar-refractivity contribution in [3.63, 3.8) is 0 Å². The number of aryl methyl sites for hydroxylation is 2. The topological polar surface area (TPSA) is 116 Å². The van der Waals surface area contributed by atoms with E-state index in [1.54, 1.807) is 13.8 Å². The van der Waals surface area contributed by atoms with Crippen LogP contribution in [-0.2, 0) is 14.4 Å². The number of ether oxygens (including phenoxy) is 1. The van der Waals surface area contributed by atoms with Crippen LogP contribution in [-0.4, -0.2) is 76.9 Å². The Kier molecular flexibility index (Phi) is 9.61. The largest absolute Gasteiger partial charge is 0.483 e. The normalized spacial score (nSPS) is 17.7. The Hall–Kier alpha value is -2.94. The molecule has 0 aliphatic carbocycles. The molecule has 4 amide bonds. The number of amides is 4. The van der Waals surface area contributed by atoms with Crippen LogP contribution in [0.2, 0.25) is 0 Å². The molecule has 1 aromatic rings. The summed E-state index contributed by atoms with van der Waals surface area (Å²) in [6.07, 6.45) is -0.166. The third-order valence-electron chi connectivity index (χ3n) is 6.32. The third-order valence-corrected chi connectivity index (χ3v) is 6.32. The number of carbonyl (C=O) groups excluding carboxylic acids is 4. The molecule has 4 atom stereocenters. The van der Waals surface area contributed by atoms with Crippen LogP contribution < -0.4 is 10.1 Å². The minimum absolute atomic E-state index is 0.130. The quantitative estimate of drug-likeness (QED) is 0.507. The summed E-state index contributed by atoms with van der Waals surface area (Å²) < 4.78 is 5.66. The Morgan fingerprint density at radius 1 is 1.15 bits per heavy atom. The van der Waals surface area contributed by atoms with Crippen LogP contribution in [0.15, 0.2) is 18.2 Å². The minimum Gasteiger partial charge on any atom is -0.483 e. The summed E-state index contributed by atoms with van der Waals surface area (Å²) in [4.78, 5) is 51.4. The van der Waals surface area contributed by atoms with Gasteiger partial charge in [-0.25, -0.2) is 4.79 Å². The second-order valence-electron chi connectivity index (χ2n) is 9.30. The number of aliphatic hydroxyl groups is 1. The van der Waals surface area contributed by atoms with Gasteiger partial charge in [-0.3, -0.25) is 19.3 Å². The minimum atomic E-state index is -0.845. The summed E-state index contributed by atoms with van der Waals surface area (Å²) in [6.45, 7) is 9.10. The van der Waals surface area contributed by atoms with E-state index in [1.807, 2.05) is 39.0 Å². The van der Waals surface area contributed by atoms with E-state index in [9.17, 15) is 24.3 Å². The van der Waals surface area contributed by atoms with E-state index in [4.69, 9.17) is 4.74 Å². The van der Waals surface area contributed by atoms with E-state index in [0.29, 0.717) is 12.2 Å². The Balaban J connectivity index is 1.80. The molecule has 0 saturated carbocycles. The molecule has 1 aromatic carbocycles. The van der Waals surface area contributed by atoms with Gasteiger partial charge in [0.15, 0.2) is 12.4 Å². The number of ketones is 1. The van der Waals surface area contributed by atoms with Gasteiger partial charge in [0, 0.05) is 26.4 Å². The summed E-state index contributed by atoms with van der Waals surface area (Å²) >= 11 is 0. The molecule has 1 heterocycles. The number of para-hydroxylation sites is 1. The molecule has 2 rings (SSSR count). The highest BCUT2D eigenvalue weighted by Gasteiger charge is 2.35. The van der Waals surface area contributed by atoms with Crippen LogP contribution in [0.3, 0.4) is 0 Å². The zero-order valence-corrected chi connectivity index (χ0v) is 21.0. The van der Waals surface area contributed by atoms with Gasteiger partial charge < -0.3 is 20.1 Å². The molecule has 4 unspecified atom stereocenters. The first-order chi connectivity index (χ1) is 15.9. The van der Waals surface area contributed by atoms with Crippen molar-refractivity contribution in [2.45, 2.75) is 72.1 Å². The molecule has 2 N–H and O–H groups in total. The number of urea groups is 1. The SMILES string of the molecule is Cc1cccc(C)c1OCC(=O)NC(C)C(O)CC(C)CC(=O)C(C)N1CCC(=O)N(C)C1=O. The van der Waals surface area contributed by atoms with Crippen molar-refractivity contribution < 1.29 is 29.0 Å². The van der Waals surface area contributed by atoms with E-state index in [-0.39, 0.29) is 49.5 Å². The van der Waals surface area contributed by atoms with Crippen molar-refractivity contribution in [2.24, 2.45) is 5.92 Å². The summed E-state index contributed by atoms with van der Waals surface area (Å²) in [7, 11) is 1.41. The number of nitrogens with zero attached hydrogens (tertiary/aromatic N) is 2. The van der Waals surface area contributed by atoms with Crippen LogP contribution in [0.25, 0.3) is 0 Å². The third kappa shape index (κ3) is 7.03. The van der Waals surface area contributed by atoms with Crippen LogP contribution in [0, 0.1) is 19.8 Å². The molecule has 34 heavy (non-hydrogen) atoms. The van der Waals surface area contributed by atoms with Gasteiger partial charge in [0.25, 0.3) is 5.91 Å². The molecule has 1 saturated heterocycles. The molecule has 9 nitrogen and oxygen atoms in total. The molecule has 0 bridgehead atoms. The summed E-state index contributed by atoms with van der Waals surface area (Å²) in [6, 6.07) is 4.11. The van der Waals surface area contributed by atoms with E-state index in [1.165, 1.54) is 11.9 Å². The van der Waals surface area contributed by atoms with Crippen LogP contribution in [0.1, 0.15) is 51.2 Å². The van der Waals surface area contributed by atoms with Gasteiger partial charge in [0.1, 0.15) is 5.75 Å². The molecule has 0 spiro atoms. The zero-order valence-electron chi connectivity index (χ0n) is 21.0. The monoisotopic (exact) mass is 475 g/mol. The fraction of sp³-hybridized carbons (Fsp3) is 0.600. The van der Waals surface area contributed by atoms with Crippen molar-refractivity contribution in [2.75, 3.05) is 20.2 Å². The number of aliphatic hydroxyl groups excluding tert-OH is 1. The van der Waals surface area contributed by atoms with Gasteiger partial charge in [0.2, 0.25) is 5.91 Å². The highest BCUT2D eigenvalue weighted by atomic mass is 16.5. The molecule has 1 fully saturated rings. The Morgan fingerprint density at radius 3 is 2.38 bits per heavy atom. The standard InChI is InChI=1S/C25H37N3O6/c1-15(13-21(30)19(5)28-11-10-23(32)27(6)25(28)33)12-20(29)18(4)26-22(31)14-34-24-16(2)8-7-9-17(24)3/h7-9,15,18-20,29H,10-14H2,1-6H3,(H,26,31). The molecule has 9 heteroatoms. The number of imide groups is 1. The number of rotatable bonds is 11. The van der Waals surface area contributed by atoms with E-state index in [0.717, 1.165) is 16.0 Å². The van der Waals surface area contributed by atoms with Crippen molar-refractivity contribution in [1.82, 2.24) is 15.1 Å². The Bertz CT molecular complexity index is 898. The maximum absolute atomic E-state index is 12.7.